The zero-order chi connectivity index (χ0) is 14.7. The number of nitrogens with one attached hydrogen (secondary N) is 1. The number of amides is 1. The molecule has 0 spiro atoms. The number of nitrogens with zero attached hydrogens (tertiary/aromatic N) is 4. The number of rotatable bonds is 4. The molecule has 106 valence electrons. The molecule has 0 bridgehead atoms. The molecule has 0 aliphatic heterocycles. The highest BCUT2D eigenvalue weighted by Gasteiger charge is 2.11. The summed E-state index contributed by atoms with van der Waals surface area (Å²) in [4.78, 5) is 12.7. The first-order chi connectivity index (χ1) is 10.2. The smallest absolute Gasteiger partial charge is 0.322 e. The van der Waals surface area contributed by atoms with Crippen LogP contribution in [0.1, 0.15) is 4.88 Å². The Balaban J connectivity index is 1.65. The van der Waals surface area contributed by atoms with Gasteiger partial charge < -0.3 is 4.42 Å². The van der Waals surface area contributed by atoms with E-state index in [4.69, 9.17) is 4.42 Å². The number of aromatic nitrogens is 4. The van der Waals surface area contributed by atoms with Crippen molar-refractivity contribution in [3.8, 4) is 11.6 Å². The first kappa shape index (κ1) is 13.3. The van der Waals surface area contributed by atoms with E-state index in [0.717, 1.165) is 4.88 Å². The molecule has 3 aromatic rings. The summed E-state index contributed by atoms with van der Waals surface area (Å²) in [5.74, 6) is -0.0762. The van der Waals surface area contributed by atoms with E-state index in [1.165, 1.54) is 6.08 Å². The van der Waals surface area contributed by atoms with Crippen LogP contribution in [-0.2, 0) is 11.8 Å². The van der Waals surface area contributed by atoms with Gasteiger partial charge in [0.05, 0.1) is 0 Å². The summed E-state index contributed by atoms with van der Waals surface area (Å²) in [6, 6.07) is 5.62. The van der Waals surface area contributed by atoms with Crippen LogP contribution in [0.2, 0.25) is 0 Å². The lowest BCUT2D eigenvalue weighted by molar-refractivity contribution is -0.112. The van der Waals surface area contributed by atoms with Gasteiger partial charge in [0, 0.05) is 24.2 Å². The summed E-state index contributed by atoms with van der Waals surface area (Å²) < 4.78 is 6.96. The van der Waals surface area contributed by atoms with E-state index >= 15 is 0 Å². The fourth-order valence-electron chi connectivity index (χ4n) is 1.60. The van der Waals surface area contributed by atoms with Gasteiger partial charge in [-0.1, -0.05) is 11.2 Å². The highest BCUT2D eigenvalue weighted by Crippen LogP contribution is 2.17. The van der Waals surface area contributed by atoms with Crippen molar-refractivity contribution in [1.29, 1.82) is 0 Å². The Morgan fingerprint density at radius 1 is 1.43 bits per heavy atom. The van der Waals surface area contributed by atoms with Crippen molar-refractivity contribution in [2.24, 2.45) is 7.05 Å². The van der Waals surface area contributed by atoms with Crippen molar-refractivity contribution in [2.45, 2.75) is 0 Å². The van der Waals surface area contributed by atoms with Crippen LogP contribution >= 0.6 is 11.3 Å². The van der Waals surface area contributed by atoms with E-state index < -0.39 is 0 Å². The highest BCUT2D eigenvalue weighted by atomic mass is 32.1. The molecule has 3 aromatic heterocycles. The zero-order valence-electron chi connectivity index (χ0n) is 11.1. The summed E-state index contributed by atoms with van der Waals surface area (Å²) in [6.07, 6.45) is 4.90. The van der Waals surface area contributed by atoms with Crippen molar-refractivity contribution in [3.63, 3.8) is 0 Å². The molecule has 1 N–H and O–H groups in total. The topological polar surface area (TPSA) is 85.8 Å². The predicted molar refractivity (Wildman–Crippen MR) is 78.5 cm³/mol. The minimum atomic E-state index is -0.334. The van der Waals surface area contributed by atoms with Crippen molar-refractivity contribution in [3.05, 3.63) is 40.7 Å². The number of hydrogen-bond donors (Lipinski definition) is 1. The maximum absolute atomic E-state index is 11.7. The van der Waals surface area contributed by atoms with Gasteiger partial charge in [0.1, 0.15) is 5.69 Å². The summed E-state index contributed by atoms with van der Waals surface area (Å²) in [5, 5.41) is 16.2. The molecule has 7 nitrogen and oxygen atoms in total. The molecule has 0 aromatic carbocycles. The monoisotopic (exact) mass is 301 g/mol. The van der Waals surface area contributed by atoms with E-state index in [-0.39, 0.29) is 17.8 Å². The zero-order valence-corrected chi connectivity index (χ0v) is 11.9. The minimum absolute atomic E-state index is 0.0384. The second-order valence-corrected chi connectivity index (χ2v) is 5.10. The molecule has 8 heteroatoms. The maximum atomic E-state index is 11.7. The third-order valence-electron chi connectivity index (χ3n) is 2.53. The van der Waals surface area contributed by atoms with Gasteiger partial charge in [-0.3, -0.25) is 14.8 Å². The Kier molecular flexibility index (Phi) is 3.61. The SMILES string of the molecule is Cn1ccc(-c2nnc(NC(=O)C=Cc3cccs3)o2)n1. The molecular weight excluding hydrogens is 290 g/mol. The van der Waals surface area contributed by atoms with E-state index in [9.17, 15) is 4.79 Å². The Hall–Kier alpha value is -2.74. The number of thiophene rings is 1. The van der Waals surface area contributed by atoms with E-state index in [1.54, 1.807) is 41.4 Å². The lowest BCUT2D eigenvalue weighted by Gasteiger charge is -1.93. The van der Waals surface area contributed by atoms with Gasteiger partial charge in [0.25, 0.3) is 11.8 Å². The van der Waals surface area contributed by atoms with E-state index in [2.05, 4.69) is 20.6 Å². The number of anilines is 1. The summed E-state index contributed by atoms with van der Waals surface area (Å²) in [5.41, 5.74) is 0.555. The summed E-state index contributed by atoms with van der Waals surface area (Å²) in [6.45, 7) is 0. The average Bonchev–Trinajstić information content (AvgIpc) is 3.17. The number of carbonyl (C=O) groups is 1. The van der Waals surface area contributed by atoms with Crippen molar-refractivity contribution in [2.75, 3.05) is 5.32 Å². The molecular formula is C13H11N5O2S. The average molecular weight is 301 g/mol. The van der Waals surface area contributed by atoms with Crippen LogP contribution < -0.4 is 5.32 Å². The molecule has 0 fully saturated rings. The third kappa shape index (κ3) is 3.23. The van der Waals surface area contributed by atoms with Crippen molar-refractivity contribution in [1.82, 2.24) is 20.0 Å². The second kappa shape index (κ2) is 5.71. The predicted octanol–water partition coefficient (Wildman–Crippen LogP) is 2.18. The van der Waals surface area contributed by atoms with Crippen LogP contribution in [0.3, 0.4) is 0 Å². The van der Waals surface area contributed by atoms with Gasteiger partial charge in [0.2, 0.25) is 0 Å². The molecule has 0 atom stereocenters. The molecule has 0 saturated heterocycles. The molecule has 0 unspecified atom stereocenters. The quantitative estimate of drug-likeness (QED) is 0.746. The van der Waals surface area contributed by atoms with Crippen LogP contribution in [0.4, 0.5) is 6.01 Å². The number of carbonyl (C=O) groups excluding carboxylic acids is 1. The normalized spacial score (nSPS) is 11.1. The summed E-state index contributed by atoms with van der Waals surface area (Å²) >= 11 is 1.55. The molecule has 0 aliphatic carbocycles. The largest absolute Gasteiger partial charge is 0.401 e. The van der Waals surface area contributed by atoms with Gasteiger partial charge in [-0.15, -0.1) is 16.4 Å². The van der Waals surface area contributed by atoms with Gasteiger partial charge >= 0.3 is 6.01 Å². The van der Waals surface area contributed by atoms with Gasteiger partial charge in [-0.2, -0.15) is 5.10 Å². The minimum Gasteiger partial charge on any atom is -0.401 e. The molecule has 3 rings (SSSR count). The van der Waals surface area contributed by atoms with Crippen molar-refractivity contribution >= 4 is 29.3 Å². The van der Waals surface area contributed by atoms with Crippen LogP contribution in [0.5, 0.6) is 0 Å². The molecule has 3 heterocycles. The van der Waals surface area contributed by atoms with Gasteiger partial charge in [0.15, 0.2) is 0 Å². The molecule has 21 heavy (non-hydrogen) atoms. The first-order valence-electron chi connectivity index (χ1n) is 6.07. The first-order valence-corrected chi connectivity index (χ1v) is 6.95. The lowest BCUT2D eigenvalue weighted by Crippen LogP contribution is -2.07. The fourth-order valence-corrected chi connectivity index (χ4v) is 2.22. The molecule has 1 amide bonds. The second-order valence-electron chi connectivity index (χ2n) is 4.13. The maximum Gasteiger partial charge on any atom is 0.322 e. The fraction of sp³-hybridized carbons (Fsp3) is 0.0769. The van der Waals surface area contributed by atoms with Gasteiger partial charge in [-0.25, -0.2) is 0 Å². The molecule has 0 radical (unpaired) electrons. The number of aryl methyl sites for hydroxylation is 1. The molecule has 0 saturated carbocycles. The lowest BCUT2D eigenvalue weighted by atomic mass is 10.4. The van der Waals surface area contributed by atoms with Crippen molar-refractivity contribution < 1.29 is 9.21 Å². The van der Waals surface area contributed by atoms with Crippen LogP contribution in [0.25, 0.3) is 17.7 Å². The third-order valence-corrected chi connectivity index (χ3v) is 3.37. The standard InChI is InChI=1S/C13H11N5O2S/c1-18-7-6-10(17-18)12-15-16-13(20-12)14-11(19)5-4-9-3-2-8-21-9/h2-8H,1H3,(H,14,16,19). The Bertz CT molecular complexity index is 772. The Morgan fingerprint density at radius 2 is 2.33 bits per heavy atom. The van der Waals surface area contributed by atoms with Crippen LogP contribution in [-0.4, -0.2) is 25.9 Å². The highest BCUT2D eigenvalue weighted by molar-refractivity contribution is 7.10. The molecule has 0 aliphatic rings. The van der Waals surface area contributed by atoms with E-state index in [0.29, 0.717) is 5.69 Å². The van der Waals surface area contributed by atoms with Gasteiger partial charge in [-0.05, 0) is 23.6 Å². The Morgan fingerprint density at radius 3 is 3.05 bits per heavy atom. The van der Waals surface area contributed by atoms with Crippen LogP contribution in [0, 0.1) is 0 Å². The summed E-state index contributed by atoms with van der Waals surface area (Å²) in [7, 11) is 1.79. The Labute approximate surface area is 123 Å². The van der Waals surface area contributed by atoms with E-state index in [1.807, 2.05) is 17.5 Å². The number of hydrogen-bond acceptors (Lipinski definition) is 6. The van der Waals surface area contributed by atoms with Crippen LogP contribution in [0.15, 0.2) is 40.3 Å².